The molecule has 0 atom stereocenters. The van der Waals surface area contributed by atoms with Crippen molar-refractivity contribution < 1.29 is 9.90 Å². The van der Waals surface area contributed by atoms with E-state index in [2.05, 4.69) is 10.2 Å². The molecule has 0 amide bonds. The number of carbonyl (C=O) groups is 1. The van der Waals surface area contributed by atoms with Gasteiger partial charge in [0.1, 0.15) is 0 Å². The normalized spacial score (nSPS) is 10.6. The van der Waals surface area contributed by atoms with Crippen molar-refractivity contribution in [1.29, 1.82) is 0 Å². The summed E-state index contributed by atoms with van der Waals surface area (Å²) in [7, 11) is 0. The van der Waals surface area contributed by atoms with E-state index in [9.17, 15) is 4.79 Å². The fourth-order valence-electron chi connectivity index (χ4n) is 1.39. The third-order valence-electron chi connectivity index (χ3n) is 2.20. The Labute approximate surface area is 98.3 Å². The van der Waals surface area contributed by atoms with Crippen molar-refractivity contribution >= 4 is 12.0 Å². The summed E-state index contributed by atoms with van der Waals surface area (Å²) < 4.78 is 0. The molecule has 0 saturated heterocycles. The molecule has 2 aromatic rings. The number of nitrogens with zero attached hydrogens (tertiary/aromatic N) is 2. The van der Waals surface area contributed by atoms with Gasteiger partial charge in [-0.3, -0.25) is 0 Å². The summed E-state index contributed by atoms with van der Waals surface area (Å²) in [5, 5.41) is 16.3. The van der Waals surface area contributed by atoms with Gasteiger partial charge in [-0.1, -0.05) is 24.3 Å². The third-order valence-corrected chi connectivity index (χ3v) is 2.20. The van der Waals surface area contributed by atoms with E-state index in [1.165, 1.54) is 0 Å². The fourth-order valence-corrected chi connectivity index (χ4v) is 1.39. The molecule has 1 heterocycles. The highest BCUT2D eigenvalue weighted by Gasteiger charge is 1.98. The zero-order valence-electron chi connectivity index (χ0n) is 8.95. The lowest BCUT2D eigenvalue weighted by atomic mass is 10.1. The van der Waals surface area contributed by atoms with E-state index in [4.69, 9.17) is 5.11 Å². The second kappa shape index (κ2) is 5.03. The lowest BCUT2D eigenvalue weighted by Gasteiger charge is -1.99. The number of benzene rings is 1. The standard InChI is InChI=1S/C13H10N2O2/c16-13(17)8-5-10-3-6-11(7-4-10)12-2-1-9-14-15-12/h1-9H,(H,16,17)/b8-5+. The van der Waals surface area contributed by atoms with Crippen molar-refractivity contribution in [3.63, 3.8) is 0 Å². The topological polar surface area (TPSA) is 63.1 Å². The molecule has 0 unspecified atom stereocenters. The molecule has 0 bridgehead atoms. The van der Waals surface area contributed by atoms with Gasteiger partial charge < -0.3 is 5.11 Å². The van der Waals surface area contributed by atoms with E-state index in [1.54, 1.807) is 12.3 Å². The highest BCUT2D eigenvalue weighted by molar-refractivity contribution is 5.85. The van der Waals surface area contributed by atoms with E-state index in [0.29, 0.717) is 0 Å². The van der Waals surface area contributed by atoms with Crippen LogP contribution in [-0.4, -0.2) is 21.3 Å². The van der Waals surface area contributed by atoms with Gasteiger partial charge in [0.25, 0.3) is 0 Å². The maximum absolute atomic E-state index is 10.4. The summed E-state index contributed by atoms with van der Waals surface area (Å²) >= 11 is 0. The Balaban J connectivity index is 2.22. The molecule has 0 radical (unpaired) electrons. The largest absolute Gasteiger partial charge is 0.478 e. The average Bonchev–Trinajstić information content (AvgIpc) is 2.38. The quantitative estimate of drug-likeness (QED) is 0.815. The van der Waals surface area contributed by atoms with Crippen molar-refractivity contribution in [2.24, 2.45) is 0 Å². The summed E-state index contributed by atoms with van der Waals surface area (Å²) in [4.78, 5) is 10.4. The Kier molecular flexibility index (Phi) is 3.25. The molecule has 0 aliphatic carbocycles. The zero-order chi connectivity index (χ0) is 12.1. The fraction of sp³-hybridized carbons (Fsp3) is 0. The first kappa shape index (κ1) is 11.0. The molecule has 0 saturated carbocycles. The minimum atomic E-state index is -0.956. The van der Waals surface area contributed by atoms with Crippen molar-refractivity contribution in [3.05, 3.63) is 54.2 Å². The van der Waals surface area contributed by atoms with Crippen LogP contribution in [0.2, 0.25) is 0 Å². The average molecular weight is 226 g/mol. The van der Waals surface area contributed by atoms with Gasteiger partial charge in [0.05, 0.1) is 5.69 Å². The molecule has 17 heavy (non-hydrogen) atoms. The van der Waals surface area contributed by atoms with Gasteiger partial charge in [-0.05, 0) is 23.8 Å². The Hall–Kier alpha value is -2.49. The highest BCUT2D eigenvalue weighted by Crippen LogP contribution is 2.16. The number of carboxylic acids is 1. The van der Waals surface area contributed by atoms with Crippen LogP contribution >= 0.6 is 0 Å². The Bertz CT molecular complexity index is 533. The van der Waals surface area contributed by atoms with Crippen LogP contribution < -0.4 is 0 Å². The van der Waals surface area contributed by atoms with Gasteiger partial charge in [0.2, 0.25) is 0 Å². The predicted octanol–water partition coefficient (Wildman–Crippen LogP) is 2.24. The number of aliphatic carboxylic acids is 1. The van der Waals surface area contributed by atoms with E-state index in [-0.39, 0.29) is 0 Å². The molecule has 84 valence electrons. The molecule has 4 heteroatoms. The maximum atomic E-state index is 10.4. The van der Waals surface area contributed by atoms with Crippen LogP contribution in [0.1, 0.15) is 5.56 Å². The third kappa shape index (κ3) is 2.98. The van der Waals surface area contributed by atoms with Crippen molar-refractivity contribution in [2.45, 2.75) is 0 Å². The molecule has 0 fully saturated rings. The zero-order valence-corrected chi connectivity index (χ0v) is 8.95. The van der Waals surface area contributed by atoms with Crippen molar-refractivity contribution in [1.82, 2.24) is 10.2 Å². The molecular weight excluding hydrogens is 216 g/mol. The van der Waals surface area contributed by atoms with Crippen LogP contribution in [0, 0.1) is 0 Å². The van der Waals surface area contributed by atoms with Crippen molar-refractivity contribution in [3.8, 4) is 11.3 Å². The molecule has 1 aromatic heterocycles. The molecule has 0 aliphatic rings. The Morgan fingerprint density at radius 1 is 1.18 bits per heavy atom. The number of carboxylic acid groups (broad SMARTS) is 1. The maximum Gasteiger partial charge on any atom is 0.328 e. The van der Waals surface area contributed by atoms with Crippen molar-refractivity contribution in [2.75, 3.05) is 0 Å². The van der Waals surface area contributed by atoms with Gasteiger partial charge in [-0.25, -0.2) is 4.79 Å². The number of rotatable bonds is 3. The highest BCUT2D eigenvalue weighted by atomic mass is 16.4. The molecule has 4 nitrogen and oxygen atoms in total. The van der Waals surface area contributed by atoms with Crippen LogP contribution in [0.3, 0.4) is 0 Å². The summed E-state index contributed by atoms with van der Waals surface area (Å²) in [5.74, 6) is -0.956. The Morgan fingerprint density at radius 2 is 1.94 bits per heavy atom. The van der Waals surface area contributed by atoms with Crippen LogP contribution in [0.25, 0.3) is 17.3 Å². The summed E-state index contributed by atoms with van der Waals surface area (Å²) in [6.07, 6.45) is 4.27. The lowest BCUT2D eigenvalue weighted by molar-refractivity contribution is -0.131. The predicted molar refractivity (Wildman–Crippen MR) is 64.1 cm³/mol. The summed E-state index contributed by atoms with van der Waals surface area (Å²) in [5.41, 5.74) is 2.58. The number of hydrogen-bond donors (Lipinski definition) is 1. The first-order valence-corrected chi connectivity index (χ1v) is 5.05. The molecule has 1 aromatic carbocycles. The smallest absolute Gasteiger partial charge is 0.328 e. The van der Waals surface area contributed by atoms with Gasteiger partial charge in [0, 0.05) is 17.8 Å². The number of hydrogen-bond acceptors (Lipinski definition) is 3. The van der Waals surface area contributed by atoms with Gasteiger partial charge >= 0.3 is 5.97 Å². The first-order chi connectivity index (χ1) is 8.25. The second-order valence-corrected chi connectivity index (χ2v) is 3.40. The molecule has 0 aliphatic heterocycles. The molecule has 0 spiro atoms. The Morgan fingerprint density at radius 3 is 2.53 bits per heavy atom. The van der Waals surface area contributed by atoms with Gasteiger partial charge in [0.15, 0.2) is 0 Å². The first-order valence-electron chi connectivity index (χ1n) is 5.05. The van der Waals surface area contributed by atoms with Crippen LogP contribution in [0.4, 0.5) is 0 Å². The minimum absolute atomic E-state index is 0.793. The van der Waals surface area contributed by atoms with Crippen LogP contribution in [-0.2, 0) is 4.79 Å². The van der Waals surface area contributed by atoms with E-state index >= 15 is 0 Å². The molecular formula is C13H10N2O2. The molecule has 2 rings (SSSR count). The second-order valence-electron chi connectivity index (χ2n) is 3.40. The lowest BCUT2D eigenvalue weighted by Crippen LogP contribution is -1.87. The monoisotopic (exact) mass is 226 g/mol. The SMILES string of the molecule is O=C(O)/C=C/c1ccc(-c2cccnn2)cc1. The summed E-state index contributed by atoms with van der Waals surface area (Å²) in [6, 6.07) is 11.1. The van der Waals surface area contributed by atoms with Gasteiger partial charge in [-0.15, -0.1) is 0 Å². The van der Waals surface area contributed by atoms with E-state index in [0.717, 1.165) is 22.9 Å². The van der Waals surface area contributed by atoms with Crippen LogP contribution in [0.15, 0.2) is 48.7 Å². The number of aromatic nitrogens is 2. The minimum Gasteiger partial charge on any atom is -0.478 e. The van der Waals surface area contributed by atoms with Crippen LogP contribution in [0.5, 0.6) is 0 Å². The van der Waals surface area contributed by atoms with E-state index in [1.807, 2.05) is 36.4 Å². The van der Waals surface area contributed by atoms with Gasteiger partial charge in [-0.2, -0.15) is 10.2 Å². The summed E-state index contributed by atoms with van der Waals surface area (Å²) in [6.45, 7) is 0. The molecule has 1 N–H and O–H groups in total. The van der Waals surface area contributed by atoms with E-state index < -0.39 is 5.97 Å².